The summed E-state index contributed by atoms with van der Waals surface area (Å²) in [6.45, 7) is 7.96. The third-order valence-corrected chi connectivity index (χ3v) is 3.78. The van der Waals surface area contributed by atoms with Gasteiger partial charge in [0, 0.05) is 18.3 Å². The van der Waals surface area contributed by atoms with Crippen molar-refractivity contribution in [2.45, 2.75) is 33.2 Å². The summed E-state index contributed by atoms with van der Waals surface area (Å²) < 4.78 is 0. The lowest BCUT2D eigenvalue weighted by molar-refractivity contribution is 0.127. The number of likely N-dealkylation sites (tertiary alicyclic amines) is 1. The number of rotatable bonds is 2. The Morgan fingerprint density at radius 3 is 2.69 bits per heavy atom. The second-order valence-corrected chi connectivity index (χ2v) is 5.75. The molecule has 2 heterocycles. The van der Waals surface area contributed by atoms with Gasteiger partial charge in [-0.2, -0.15) is 0 Å². The monoisotopic (exact) mass is 238 g/mol. The maximum Gasteiger partial charge on any atom is 0.133 e. The van der Waals surface area contributed by atoms with Crippen molar-refractivity contribution in [2.75, 3.05) is 13.1 Å². The lowest BCUT2D eigenvalue weighted by Gasteiger charge is -2.36. The Kier molecular flexibility index (Phi) is 3.50. The number of halogens is 1. The molecule has 0 radical (unpaired) electrons. The Morgan fingerprint density at radius 1 is 1.38 bits per heavy atom. The Balaban J connectivity index is 1.95. The Bertz CT molecular complexity index is 353. The molecule has 2 nitrogen and oxygen atoms in total. The molecular formula is C13H19ClN2. The van der Waals surface area contributed by atoms with Crippen LogP contribution in [0.2, 0.25) is 5.15 Å². The largest absolute Gasteiger partial charge is 0.299 e. The van der Waals surface area contributed by atoms with E-state index in [2.05, 4.69) is 29.8 Å². The SMILES string of the molecule is CC1(C)CCN(Cc2cccnc2Cl)CC1. The van der Waals surface area contributed by atoms with Gasteiger partial charge in [0.1, 0.15) is 5.15 Å². The van der Waals surface area contributed by atoms with E-state index in [0.29, 0.717) is 10.6 Å². The molecule has 1 aliphatic rings. The van der Waals surface area contributed by atoms with Crippen molar-refractivity contribution in [3.05, 3.63) is 29.0 Å². The summed E-state index contributed by atoms with van der Waals surface area (Å²) in [7, 11) is 0. The molecule has 0 atom stereocenters. The van der Waals surface area contributed by atoms with Crippen molar-refractivity contribution in [1.82, 2.24) is 9.88 Å². The van der Waals surface area contributed by atoms with Gasteiger partial charge in [-0.1, -0.05) is 31.5 Å². The Morgan fingerprint density at radius 2 is 2.06 bits per heavy atom. The highest BCUT2D eigenvalue weighted by Gasteiger charge is 2.25. The first-order valence-corrected chi connectivity index (χ1v) is 6.26. The minimum absolute atomic E-state index is 0.509. The van der Waals surface area contributed by atoms with Crippen molar-refractivity contribution in [3.63, 3.8) is 0 Å². The fraction of sp³-hybridized carbons (Fsp3) is 0.615. The van der Waals surface area contributed by atoms with E-state index in [1.165, 1.54) is 12.8 Å². The van der Waals surface area contributed by atoms with Gasteiger partial charge >= 0.3 is 0 Å². The van der Waals surface area contributed by atoms with E-state index in [1.54, 1.807) is 6.20 Å². The van der Waals surface area contributed by atoms with Crippen LogP contribution in [0.1, 0.15) is 32.3 Å². The van der Waals surface area contributed by atoms with Crippen LogP contribution in [-0.4, -0.2) is 23.0 Å². The van der Waals surface area contributed by atoms with E-state index in [-0.39, 0.29) is 0 Å². The molecule has 0 saturated carbocycles. The predicted octanol–water partition coefficient (Wildman–Crippen LogP) is 3.36. The minimum atomic E-state index is 0.509. The highest BCUT2D eigenvalue weighted by molar-refractivity contribution is 6.30. The molecule has 88 valence electrons. The van der Waals surface area contributed by atoms with E-state index < -0.39 is 0 Å². The van der Waals surface area contributed by atoms with Crippen LogP contribution in [0.5, 0.6) is 0 Å². The van der Waals surface area contributed by atoms with Crippen molar-refractivity contribution in [3.8, 4) is 0 Å². The average Bonchev–Trinajstić information content (AvgIpc) is 2.24. The van der Waals surface area contributed by atoms with Crippen LogP contribution >= 0.6 is 11.6 Å². The minimum Gasteiger partial charge on any atom is -0.299 e. The molecule has 0 spiro atoms. The highest BCUT2D eigenvalue weighted by atomic mass is 35.5. The first-order valence-electron chi connectivity index (χ1n) is 5.89. The van der Waals surface area contributed by atoms with Crippen LogP contribution in [0.3, 0.4) is 0 Å². The van der Waals surface area contributed by atoms with Gasteiger partial charge in [0.25, 0.3) is 0 Å². The smallest absolute Gasteiger partial charge is 0.133 e. The summed E-state index contributed by atoms with van der Waals surface area (Å²) in [5.74, 6) is 0. The molecule has 0 amide bonds. The van der Waals surface area contributed by atoms with Gasteiger partial charge in [-0.25, -0.2) is 4.98 Å². The molecule has 1 aliphatic heterocycles. The summed E-state index contributed by atoms with van der Waals surface area (Å²) >= 11 is 6.06. The number of aromatic nitrogens is 1. The fourth-order valence-electron chi connectivity index (χ4n) is 2.09. The normalized spacial score (nSPS) is 20.9. The maximum absolute atomic E-state index is 6.06. The summed E-state index contributed by atoms with van der Waals surface area (Å²) in [6.07, 6.45) is 4.28. The molecule has 3 heteroatoms. The number of nitrogens with zero attached hydrogens (tertiary/aromatic N) is 2. The second-order valence-electron chi connectivity index (χ2n) is 5.39. The number of piperidine rings is 1. The van der Waals surface area contributed by atoms with Crippen LogP contribution < -0.4 is 0 Å². The quantitative estimate of drug-likeness (QED) is 0.735. The third-order valence-electron chi connectivity index (χ3n) is 3.44. The summed E-state index contributed by atoms with van der Waals surface area (Å²) in [5.41, 5.74) is 1.65. The molecule has 0 aromatic carbocycles. The molecule has 16 heavy (non-hydrogen) atoms. The molecular weight excluding hydrogens is 220 g/mol. The van der Waals surface area contributed by atoms with Gasteiger partial charge in [0.15, 0.2) is 0 Å². The third kappa shape index (κ3) is 2.96. The lowest BCUT2D eigenvalue weighted by atomic mass is 9.82. The molecule has 1 aromatic heterocycles. The van der Waals surface area contributed by atoms with E-state index in [4.69, 9.17) is 11.6 Å². The van der Waals surface area contributed by atoms with Crippen LogP contribution in [-0.2, 0) is 6.54 Å². The van der Waals surface area contributed by atoms with Gasteiger partial charge in [0.2, 0.25) is 0 Å². The van der Waals surface area contributed by atoms with Gasteiger partial charge < -0.3 is 0 Å². The molecule has 0 unspecified atom stereocenters. The standard InChI is InChI=1S/C13H19ClN2/c1-13(2)5-8-16(9-6-13)10-11-4-3-7-15-12(11)14/h3-4,7H,5-6,8-10H2,1-2H3. The van der Waals surface area contributed by atoms with E-state index >= 15 is 0 Å². The fourth-order valence-corrected chi connectivity index (χ4v) is 2.27. The molecule has 0 N–H and O–H groups in total. The average molecular weight is 239 g/mol. The van der Waals surface area contributed by atoms with Crippen molar-refractivity contribution >= 4 is 11.6 Å². The molecule has 1 saturated heterocycles. The lowest BCUT2D eigenvalue weighted by Crippen LogP contribution is -2.36. The number of hydrogen-bond acceptors (Lipinski definition) is 2. The summed E-state index contributed by atoms with van der Waals surface area (Å²) in [4.78, 5) is 6.58. The van der Waals surface area contributed by atoms with Crippen LogP contribution in [0.15, 0.2) is 18.3 Å². The molecule has 1 fully saturated rings. The van der Waals surface area contributed by atoms with Gasteiger partial charge in [-0.3, -0.25) is 4.90 Å². The van der Waals surface area contributed by atoms with Gasteiger partial charge in [-0.05, 0) is 37.4 Å². The zero-order valence-corrected chi connectivity index (χ0v) is 10.8. The van der Waals surface area contributed by atoms with Crippen molar-refractivity contribution in [1.29, 1.82) is 0 Å². The topological polar surface area (TPSA) is 16.1 Å². The maximum atomic E-state index is 6.06. The van der Waals surface area contributed by atoms with Crippen LogP contribution in [0, 0.1) is 5.41 Å². The molecule has 1 aromatic rings. The first-order chi connectivity index (χ1) is 7.57. The summed E-state index contributed by atoms with van der Waals surface area (Å²) in [5, 5.41) is 0.646. The molecule has 0 aliphatic carbocycles. The summed E-state index contributed by atoms with van der Waals surface area (Å²) in [6, 6.07) is 4.02. The van der Waals surface area contributed by atoms with Crippen LogP contribution in [0.25, 0.3) is 0 Å². The molecule has 2 rings (SSSR count). The Hall–Kier alpha value is -0.600. The zero-order chi connectivity index (χ0) is 11.6. The van der Waals surface area contributed by atoms with Crippen LogP contribution in [0.4, 0.5) is 0 Å². The first kappa shape index (κ1) is 11.9. The number of hydrogen-bond donors (Lipinski definition) is 0. The predicted molar refractivity (Wildman–Crippen MR) is 67.5 cm³/mol. The van der Waals surface area contributed by atoms with E-state index in [1.807, 2.05) is 6.07 Å². The van der Waals surface area contributed by atoms with Gasteiger partial charge in [0.05, 0.1) is 0 Å². The Labute approximate surface area is 103 Å². The number of pyridine rings is 1. The molecule has 0 bridgehead atoms. The highest BCUT2D eigenvalue weighted by Crippen LogP contribution is 2.30. The van der Waals surface area contributed by atoms with E-state index in [9.17, 15) is 0 Å². The van der Waals surface area contributed by atoms with E-state index in [0.717, 1.165) is 25.2 Å². The van der Waals surface area contributed by atoms with Gasteiger partial charge in [-0.15, -0.1) is 0 Å². The van der Waals surface area contributed by atoms with Crippen molar-refractivity contribution in [2.24, 2.45) is 5.41 Å². The van der Waals surface area contributed by atoms with Crippen molar-refractivity contribution < 1.29 is 0 Å². The second kappa shape index (κ2) is 4.72. The zero-order valence-electron chi connectivity index (χ0n) is 10.0.